The smallest absolute Gasteiger partial charge is 0.312 e. The first-order valence-electron chi connectivity index (χ1n) is 19.0. The Bertz CT molecular complexity index is 1520. The fourth-order valence-corrected chi connectivity index (χ4v) is 5.07. The van der Waals surface area contributed by atoms with E-state index in [0.717, 1.165) is 10.5 Å². The largest absolute Gasteiger partial charge is 0.461 e. The molecule has 0 fully saturated rings. The van der Waals surface area contributed by atoms with Gasteiger partial charge < -0.3 is 56.0 Å². The Morgan fingerprint density at radius 2 is 1.29 bits per heavy atom. The Kier molecular flexibility index (Phi) is 23.5. The summed E-state index contributed by atoms with van der Waals surface area (Å²) in [5.74, 6) is -3.37. The standard InChI is InChI=1S/C38H57N7O13/c1-26(2)35(37(52)43-30(5-4-14-41-38(39)53)36(51)42-29-8-6-28(7-9-29)25-58-27(3)46)44-32(48)13-17-54-19-21-56-23-24-57-22-20-55-18-15-40-31(47)12-16-45-33(49)10-11-34(45)50/h6-11,26,30,35H,4-5,12-25H2,1-3H3,(H,40,47)(H,42,51)(H,43,52)(H,44,48)(H3,39,41,53)/t30-,35-/m0/s1. The van der Waals surface area contributed by atoms with Gasteiger partial charge in [0.15, 0.2) is 0 Å². The van der Waals surface area contributed by atoms with Gasteiger partial charge in [0.1, 0.15) is 18.7 Å². The molecular formula is C38H57N7O13. The minimum absolute atomic E-state index is 0.0108. The van der Waals surface area contributed by atoms with Crippen LogP contribution in [-0.2, 0) is 63.9 Å². The summed E-state index contributed by atoms with van der Waals surface area (Å²) in [6.45, 7) is 7.51. The highest BCUT2D eigenvalue weighted by Crippen LogP contribution is 2.13. The van der Waals surface area contributed by atoms with Crippen molar-refractivity contribution >= 4 is 53.1 Å². The average Bonchev–Trinajstić information content (AvgIpc) is 3.50. The number of anilines is 1. The Morgan fingerprint density at radius 1 is 0.707 bits per heavy atom. The van der Waals surface area contributed by atoms with Crippen LogP contribution in [0.4, 0.5) is 10.5 Å². The molecule has 0 saturated carbocycles. The molecule has 1 aliphatic heterocycles. The lowest BCUT2D eigenvalue weighted by atomic mass is 10.0. The number of nitrogens with one attached hydrogen (secondary N) is 5. The lowest BCUT2D eigenvalue weighted by Gasteiger charge is -2.25. The van der Waals surface area contributed by atoms with Crippen molar-refractivity contribution in [2.24, 2.45) is 11.7 Å². The van der Waals surface area contributed by atoms with Crippen LogP contribution in [0.3, 0.4) is 0 Å². The first-order valence-corrected chi connectivity index (χ1v) is 19.0. The molecule has 1 aromatic rings. The highest BCUT2D eigenvalue weighted by atomic mass is 16.6. The van der Waals surface area contributed by atoms with Gasteiger partial charge in [-0.1, -0.05) is 26.0 Å². The first-order chi connectivity index (χ1) is 27.8. The topological polar surface area (TPSA) is 272 Å². The lowest BCUT2D eigenvalue weighted by molar-refractivity contribution is -0.142. The van der Waals surface area contributed by atoms with Crippen LogP contribution >= 0.6 is 0 Å². The SMILES string of the molecule is CC(=O)OCc1ccc(NC(=O)[C@H](CCCNC(N)=O)NC(=O)[C@@H](NC(=O)CCOCCOCCOCCOCCNC(=O)CCN2C(=O)C=CC2=O)C(C)C)cc1. The first kappa shape index (κ1) is 48.7. The molecule has 0 spiro atoms. The van der Waals surface area contributed by atoms with E-state index in [2.05, 4.69) is 26.6 Å². The Morgan fingerprint density at radius 3 is 1.86 bits per heavy atom. The van der Waals surface area contributed by atoms with Gasteiger partial charge in [0, 0.05) is 57.2 Å². The van der Waals surface area contributed by atoms with Crippen LogP contribution in [0, 0.1) is 5.92 Å². The number of imide groups is 1. The third-order valence-electron chi connectivity index (χ3n) is 8.15. The molecule has 2 rings (SSSR count). The van der Waals surface area contributed by atoms with Crippen molar-refractivity contribution in [1.29, 1.82) is 0 Å². The van der Waals surface area contributed by atoms with Crippen LogP contribution in [0.2, 0.25) is 0 Å². The summed E-state index contributed by atoms with van der Waals surface area (Å²) in [6.07, 6.45) is 2.82. The maximum Gasteiger partial charge on any atom is 0.312 e. The number of carbonyl (C=O) groups excluding carboxylic acids is 8. The van der Waals surface area contributed by atoms with E-state index in [1.807, 2.05) is 0 Å². The highest BCUT2D eigenvalue weighted by Gasteiger charge is 2.29. The van der Waals surface area contributed by atoms with E-state index in [4.69, 9.17) is 29.4 Å². The van der Waals surface area contributed by atoms with Gasteiger partial charge in [0.25, 0.3) is 11.8 Å². The number of nitrogens with two attached hydrogens (primary N) is 1. The minimum atomic E-state index is -1.01. The molecule has 0 bridgehead atoms. The predicted octanol–water partition coefficient (Wildman–Crippen LogP) is -0.350. The predicted molar refractivity (Wildman–Crippen MR) is 207 cm³/mol. The number of urea groups is 1. The summed E-state index contributed by atoms with van der Waals surface area (Å²) in [7, 11) is 0. The van der Waals surface area contributed by atoms with Gasteiger partial charge >= 0.3 is 12.0 Å². The number of hydrogen-bond acceptors (Lipinski definition) is 13. The molecule has 2 atom stereocenters. The highest BCUT2D eigenvalue weighted by molar-refractivity contribution is 6.13. The number of primary amides is 1. The summed E-state index contributed by atoms with van der Waals surface area (Å²) >= 11 is 0. The molecule has 8 amide bonds. The Balaban J connectivity index is 1.60. The van der Waals surface area contributed by atoms with Crippen molar-refractivity contribution in [1.82, 2.24) is 26.2 Å². The van der Waals surface area contributed by atoms with Gasteiger partial charge in [-0.15, -0.1) is 0 Å². The number of nitrogens with zero attached hydrogens (tertiary/aromatic N) is 1. The van der Waals surface area contributed by atoms with E-state index in [0.29, 0.717) is 38.5 Å². The van der Waals surface area contributed by atoms with Crippen LogP contribution in [-0.4, -0.2) is 137 Å². The number of carbonyl (C=O) groups is 8. The molecule has 1 aromatic carbocycles. The fraction of sp³-hybridized carbons (Fsp3) is 0.579. The van der Waals surface area contributed by atoms with E-state index in [1.54, 1.807) is 38.1 Å². The molecule has 0 unspecified atom stereocenters. The van der Waals surface area contributed by atoms with E-state index >= 15 is 0 Å². The molecule has 322 valence electrons. The third kappa shape index (κ3) is 21.2. The van der Waals surface area contributed by atoms with Crippen LogP contribution < -0.4 is 32.3 Å². The fourth-order valence-electron chi connectivity index (χ4n) is 5.07. The second-order valence-electron chi connectivity index (χ2n) is 13.2. The molecule has 1 heterocycles. The summed E-state index contributed by atoms with van der Waals surface area (Å²) in [4.78, 5) is 97.4. The molecule has 0 radical (unpaired) electrons. The number of benzene rings is 1. The second kappa shape index (κ2) is 28.0. The van der Waals surface area contributed by atoms with Crippen LogP contribution in [0.15, 0.2) is 36.4 Å². The maximum absolute atomic E-state index is 13.4. The molecular weight excluding hydrogens is 762 g/mol. The third-order valence-corrected chi connectivity index (χ3v) is 8.15. The van der Waals surface area contributed by atoms with E-state index in [-0.39, 0.29) is 83.8 Å². The minimum Gasteiger partial charge on any atom is -0.461 e. The van der Waals surface area contributed by atoms with Crippen molar-refractivity contribution in [3.05, 3.63) is 42.0 Å². The number of amides is 8. The van der Waals surface area contributed by atoms with Crippen LogP contribution in [0.5, 0.6) is 0 Å². The normalized spacial score (nSPS) is 13.2. The molecule has 0 aromatic heterocycles. The van der Waals surface area contributed by atoms with Crippen LogP contribution in [0.1, 0.15) is 52.0 Å². The van der Waals surface area contributed by atoms with Crippen molar-refractivity contribution in [3.8, 4) is 0 Å². The number of hydrogen-bond donors (Lipinski definition) is 6. The molecule has 20 nitrogen and oxygen atoms in total. The zero-order valence-corrected chi connectivity index (χ0v) is 33.3. The van der Waals surface area contributed by atoms with Crippen molar-refractivity contribution in [2.45, 2.75) is 65.1 Å². The summed E-state index contributed by atoms with van der Waals surface area (Å²) < 4.78 is 26.8. The van der Waals surface area contributed by atoms with Crippen molar-refractivity contribution in [3.63, 3.8) is 0 Å². The van der Waals surface area contributed by atoms with E-state index < -0.39 is 53.6 Å². The van der Waals surface area contributed by atoms with E-state index in [9.17, 15) is 38.4 Å². The van der Waals surface area contributed by atoms with Crippen molar-refractivity contribution < 1.29 is 62.0 Å². The monoisotopic (exact) mass is 819 g/mol. The van der Waals surface area contributed by atoms with Gasteiger partial charge in [-0.05, 0) is 36.5 Å². The number of rotatable bonds is 30. The summed E-state index contributed by atoms with van der Waals surface area (Å²) in [6, 6.07) is 3.97. The number of ether oxygens (including phenoxy) is 5. The quantitative estimate of drug-likeness (QED) is 0.0330. The Hall–Kier alpha value is -5.44. The van der Waals surface area contributed by atoms with Gasteiger partial charge in [-0.2, -0.15) is 0 Å². The zero-order valence-electron chi connectivity index (χ0n) is 33.3. The summed E-state index contributed by atoms with van der Waals surface area (Å²) in [5, 5.41) is 13.3. The summed E-state index contributed by atoms with van der Waals surface area (Å²) in [5.41, 5.74) is 6.30. The zero-order chi connectivity index (χ0) is 42.7. The van der Waals surface area contributed by atoms with Crippen molar-refractivity contribution in [2.75, 3.05) is 77.8 Å². The van der Waals surface area contributed by atoms with Gasteiger partial charge in [0.05, 0.1) is 52.9 Å². The van der Waals surface area contributed by atoms with Crippen LogP contribution in [0.25, 0.3) is 0 Å². The molecule has 7 N–H and O–H groups in total. The molecule has 1 aliphatic rings. The van der Waals surface area contributed by atoms with Gasteiger partial charge in [-0.3, -0.25) is 38.5 Å². The molecule has 0 saturated heterocycles. The maximum atomic E-state index is 13.4. The average molecular weight is 820 g/mol. The Labute approximate surface area is 337 Å². The molecule has 0 aliphatic carbocycles. The van der Waals surface area contributed by atoms with Gasteiger partial charge in [-0.25, -0.2) is 4.79 Å². The van der Waals surface area contributed by atoms with Gasteiger partial charge in [0.2, 0.25) is 23.6 Å². The van der Waals surface area contributed by atoms with E-state index in [1.165, 1.54) is 19.1 Å². The number of esters is 1. The molecule has 20 heteroatoms. The lowest BCUT2D eigenvalue weighted by Crippen LogP contribution is -2.54. The molecule has 58 heavy (non-hydrogen) atoms. The second-order valence-corrected chi connectivity index (χ2v) is 13.2.